The van der Waals surface area contributed by atoms with Crippen molar-refractivity contribution in [2.45, 2.75) is 77.9 Å². The molecule has 0 aromatic carbocycles. The first-order chi connectivity index (χ1) is 11.9. The number of nitrogens with zero attached hydrogens (tertiary/aromatic N) is 2. The fraction of sp³-hybridized carbons (Fsp3) is 0.737. The maximum absolute atomic E-state index is 12.1. The molecule has 0 saturated carbocycles. The van der Waals surface area contributed by atoms with Crippen molar-refractivity contribution >= 4 is 12.1 Å². The van der Waals surface area contributed by atoms with Crippen LogP contribution < -0.4 is 0 Å². The van der Waals surface area contributed by atoms with Crippen molar-refractivity contribution in [1.82, 2.24) is 15.1 Å². The number of H-pyrrole nitrogens is 1. The second-order valence-electron chi connectivity index (χ2n) is 8.82. The molecule has 1 N–H and O–H groups in total. The lowest BCUT2D eigenvalue weighted by Crippen LogP contribution is -2.41. The third kappa shape index (κ3) is 6.35. The number of piperidine rings is 1. The molecule has 2 heterocycles. The zero-order valence-corrected chi connectivity index (χ0v) is 16.7. The van der Waals surface area contributed by atoms with Gasteiger partial charge in [-0.2, -0.15) is 5.10 Å². The quantitative estimate of drug-likeness (QED) is 0.830. The van der Waals surface area contributed by atoms with Gasteiger partial charge >= 0.3 is 12.1 Å². The summed E-state index contributed by atoms with van der Waals surface area (Å²) < 4.78 is 10.8. The Morgan fingerprint density at radius 2 is 1.69 bits per heavy atom. The Morgan fingerprint density at radius 1 is 1.12 bits per heavy atom. The molecule has 0 spiro atoms. The van der Waals surface area contributed by atoms with E-state index in [1.54, 1.807) is 4.90 Å². The molecule has 0 atom stereocenters. The lowest BCUT2D eigenvalue weighted by molar-refractivity contribution is -0.154. The number of hydrogen-bond donors (Lipinski definition) is 1. The monoisotopic (exact) mass is 365 g/mol. The molecule has 1 saturated heterocycles. The summed E-state index contributed by atoms with van der Waals surface area (Å²) in [6, 6.07) is 1.93. The van der Waals surface area contributed by atoms with E-state index in [1.807, 2.05) is 47.6 Å². The highest BCUT2D eigenvalue weighted by molar-refractivity contribution is 5.72. The summed E-state index contributed by atoms with van der Waals surface area (Å²) in [6.07, 6.45) is 1.58. The van der Waals surface area contributed by atoms with Crippen LogP contribution in [0, 0.1) is 0 Å². The summed E-state index contributed by atoms with van der Waals surface area (Å²) in [5.74, 6) is 0.00442. The molecule has 1 aromatic heterocycles. The molecule has 7 nitrogen and oxygen atoms in total. The molecule has 0 bridgehead atoms. The highest BCUT2D eigenvalue weighted by atomic mass is 16.6. The number of likely N-dealkylation sites (tertiary alicyclic amines) is 1. The van der Waals surface area contributed by atoms with Gasteiger partial charge in [-0.3, -0.25) is 9.89 Å². The van der Waals surface area contributed by atoms with Crippen molar-refractivity contribution in [3.63, 3.8) is 0 Å². The predicted molar refractivity (Wildman–Crippen MR) is 97.9 cm³/mol. The SMILES string of the molecule is CC(C)(C)OC(=O)Cc1cc(C2CCN(C(=O)OC(C)(C)C)CC2)n[nH]1. The van der Waals surface area contributed by atoms with Crippen LogP contribution in [0.5, 0.6) is 0 Å². The summed E-state index contributed by atoms with van der Waals surface area (Å²) in [5, 5.41) is 7.28. The average molecular weight is 365 g/mol. The lowest BCUT2D eigenvalue weighted by atomic mass is 9.93. The molecule has 1 aromatic rings. The second kappa shape index (κ2) is 7.68. The largest absolute Gasteiger partial charge is 0.460 e. The molecule has 1 aliphatic heterocycles. The number of nitrogens with one attached hydrogen (secondary N) is 1. The Balaban J connectivity index is 1.86. The molecule has 146 valence electrons. The van der Waals surface area contributed by atoms with E-state index in [0.29, 0.717) is 13.1 Å². The third-order valence-electron chi connectivity index (χ3n) is 3.97. The van der Waals surface area contributed by atoms with Gasteiger partial charge in [0, 0.05) is 24.7 Å². The van der Waals surface area contributed by atoms with Crippen LogP contribution in [0.3, 0.4) is 0 Å². The van der Waals surface area contributed by atoms with Gasteiger partial charge in [0.2, 0.25) is 0 Å². The minimum atomic E-state index is -0.492. The molecule has 1 aliphatic rings. The van der Waals surface area contributed by atoms with Crippen LogP contribution in [0.1, 0.15) is 71.7 Å². The number of ether oxygens (including phenoxy) is 2. The van der Waals surface area contributed by atoms with Crippen LogP contribution in [0.2, 0.25) is 0 Å². The van der Waals surface area contributed by atoms with E-state index in [0.717, 1.165) is 24.2 Å². The summed E-state index contributed by atoms with van der Waals surface area (Å²) >= 11 is 0. The van der Waals surface area contributed by atoms with E-state index >= 15 is 0 Å². The minimum Gasteiger partial charge on any atom is -0.460 e. The fourth-order valence-corrected chi connectivity index (χ4v) is 2.90. The number of aromatic nitrogens is 2. The van der Waals surface area contributed by atoms with Gasteiger partial charge < -0.3 is 14.4 Å². The molecular weight excluding hydrogens is 334 g/mol. The van der Waals surface area contributed by atoms with Crippen LogP contribution >= 0.6 is 0 Å². The lowest BCUT2D eigenvalue weighted by Gasteiger charge is -2.32. The maximum atomic E-state index is 12.1. The molecule has 0 aliphatic carbocycles. The Labute approximate surface area is 155 Å². The first-order valence-electron chi connectivity index (χ1n) is 9.17. The van der Waals surface area contributed by atoms with E-state index in [1.165, 1.54) is 0 Å². The summed E-state index contributed by atoms with van der Waals surface area (Å²) in [4.78, 5) is 25.8. The van der Waals surface area contributed by atoms with Crippen LogP contribution in [-0.2, 0) is 20.7 Å². The normalized spacial score (nSPS) is 16.5. The first kappa shape index (κ1) is 20.3. The van der Waals surface area contributed by atoms with E-state index in [2.05, 4.69) is 10.2 Å². The van der Waals surface area contributed by atoms with Gasteiger partial charge in [0.05, 0.1) is 12.1 Å². The van der Waals surface area contributed by atoms with E-state index in [9.17, 15) is 9.59 Å². The minimum absolute atomic E-state index is 0.182. The van der Waals surface area contributed by atoms with Gasteiger partial charge in [0.25, 0.3) is 0 Å². The topological polar surface area (TPSA) is 84.5 Å². The predicted octanol–water partition coefficient (Wildman–Crippen LogP) is 3.41. The molecule has 0 unspecified atom stereocenters. The van der Waals surface area contributed by atoms with Crippen LogP contribution in [-0.4, -0.2) is 51.5 Å². The zero-order chi connectivity index (χ0) is 19.5. The van der Waals surface area contributed by atoms with E-state index in [4.69, 9.17) is 9.47 Å². The summed E-state index contributed by atoms with van der Waals surface area (Å²) in [6.45, 7) is 12.4. The average Bonchev–Trinajstić information content (AvgIpc) is 2.92. The molecule has 0 radical (unpaired) electrons. The van der Waals surface area contributed by atoms with Gasteiger partial charge in [-0.05, 0) is 60.5 Å². The number of rotatable bonds is 3. The Kier molecular flexibility index (Phi) is 5.98. The Hall–Kier alpha value is -2.05. The fourth-order valence-electron chi connectivity index (χ4n) is 2.90. The number of amides is 1. The van der Waals surface area contributed by atoms with Crippen molar-refractivity contribution in [3.05, 3.63) is 17.5 Å². The zero-order valence-electron chi connectivity index (χ0n) is 16.7. The number of aromatic amines is 1. The van der Waals surface area contributed by atoms with Crippen molar-refractivity contribution in [3.8, 4) is 0 Å². The standard InChI is InChI=1S/C19H31N3O4/c1-18(2,3)25-16(23)12-14-11-15(21-20-14)13-7-9-22(10-8-13)17(24)26-19(4,5)6/h11,13H,7-10,12H2,1-6H3,(H,20,21). The molecule has 2 rings (SSSR count). The number of carbonyl (C=O) groups excluding carboxylic acids is 2. The van der Waals surface area contributed by atoms with Gasteiger partial charge in [-0.25, -0.2) is 4.79 Å². The van der Waals surface area contributed by atoms with Gasteiger partial charge in [-0.15, -0.1) is 0 Å². The third-order valence-corrected chi connectivity index (χ3v) is 3.97. The number of esters is 1. The highest BCUT2D eigenvalue weighted by Gasteiger charge is 2.28. The second-order valence-corrected chi connectivity index (χ2v) is 8.82. The molecule has 26 heavy (non-hydrogen) atoms. The number of carbonyl (C=O) groups is 2. The van der Waals surface area contributed by atoms with E-state index < -0.39 is 11.2 Å². The molecule has 1 amide bonds. The van der Waals surface area contributed by atoms with Gasteiger partial charge in [0.15, 0.2) is 0 Å². The van der Waals surface area contributed by atoms with Crippen molar-refractivity contribution in [1.29, 1.82) is 0 Å². The summed E-state index contributed by atoms with van der Waals surface area (Å²) in [7, 11) is 0. The van der Waals surface area contributed by atoms with Crippen molar-refractivity contribution in [2.75, 3.05) is 13.1 Å². The van der Waals surface area contributed by atoms with Crippen molar-refractivity contribution in [2.24, 2.45) is 0 Å². The molecule has 7 heteroatoms. The van der Waals surface area contributed by atoms with Gasteiger partial charge in [-0.1, -0.05) is 0 Å². The van der Waals surface area contributed by atoms with Crippen LogP contribution in [0.4, 0.5) is 4.79 Å². The van der Waals surface area contributed by atoms with Crippen LogP contribution in [0.25, 0.3) is 0 Å². The van der Waals surface area contributed by atoms with Crippen LogP contribution in [0.15, 0.2) is 6.07 Å². The van der Waals surface area contributed by atoms with E-state index in [-0.39, 0.29) is 24.4 Å². The van der Waals surface area contributed by atoms with Gasteiger partial charge in [0.1, 0.15) is 11.2 Å². The highest BCUT2D eigenvalue weighted by Crippen LogP contribution is 2.28. The first-order valence-corrected chi connectivity index (χ1v) is 9.17. The summed E-state index contributed by atoms with van der Waals surface area (Å²) in [5.41, 5.74) is 0.720. The smallest absolute Gasteiger partial charge is 0.410 e. The van der Waals surface area contributed by atoms with Crippen molar-refractivity contribution < 1.29 is 19.1 Å². The number of hydrogen-bond acceptors (Lipinski definition) is 5. The molecular formula is C19H31N3O4. The Bertz CT molecular complexity index is 632. The Morgan fingerprint density at radius 3 is 2.23 bits per heavy atom. The molecule has 1 fully saturated rings. The maximum Gasteiger partial charge on any atom is 0.410 e.